The van der Waals surface area contributed by atoms with Gasteiger partial charge in [-0.25, -0.2) is 0 Å². The maximum atomic E-state index is 8.46. The monoisotopic (exact) mass is 309 g/mol. The quantitative estimate of drug-likeness (QED) is 0.344. The van der Waals surface area contributed by atoms with Gasteiger partial charge in [-0.05, 0) is 63.3 Å². The van der Waals surface area contributed by atoms with E-state index < -0.39 is 0 Å². The Labute approximate surface area is 133 Å². The largest absolute Gasteiger partial charge is 0.458 e. The molecule has 4 heteroatoms. The third-order valence-corrected chi connectivity index (χ3v) is 3.34. The third-order valence-electron chi connectivity index (χ3n) is 2.66. The van der Waals surface area contributed by atoms with Gasteiger partial charge >= 0.3 is 0 Å². The fraction of sp³-hybridized carbons (Fsp3) is 0.412. The van der Waals surface area contributed by atoms with E-state index in [0.29, 0.717) is 6.54 Å². The standard InChI is InChI=1S/C14H18O.C3H9NOS/c1-4-7-13(6-3)15-14-10-8-12(5-2)9-11-14;1-3-4(5)6-2/h4,6-11H,5H2,1-3H3;5H,3H2,1-2H3/b7-4-,13-6+;. The Balaban J connectivity index is 0.000000567. The molecule has 3 nitrogen and oxygen atoms in total. The maximum absolute atomic E-state index is 8.46. The second kappa shape index (κ2) is 12.5. The Kier molecular flexibility index (Phi) is 11.8. The molecule has 0 radical (unpaired) electrons. The fourth-order valence-electron chi connectivity index (χ4n) is 1.41. The van der Waals surface area contributed by atoms with E-state index in [0.717, 1.165) is 17.9 Å². The highest BCUT2D eigenvalue weighted by molar-refractivity contribution is 7.96. The summed E-state index contributed by atoms with van der Waals surface area (Å²) in [7, 11) is 0. The lowest BCUT2D eigenvalue weighted by Crippen LogP contribution is -2.06. The number of benzene rings is 1. The Morgan fingerprint density at radius 2 is 1.86 bits per heavy atom. The van der Waals surface area contributed by atoms with Crippen LogP contribution in [0.2, 0.25) is 0 Å². The van der Waals surface area contributed by atoms with Crippen LogP contribution in [0.4, 0.5) is 0 Å². The number of hydrogen-bond donors (Lipinski definition) is 1. The first kappa shape index (κ1) is 19.8. The number of ether oxygens (including phenoxy) is 1. The van der Waals surface area contributed by atoms with E-state index in [-0.39, 0.29) is 0 Å². The minimum atomic E-state index is 0.682. The molecule has 0 amide bonds. The molecule has 1 rings (SSSR count). The van der Waals surface area contributed by atoms with E-state index in [4.69, 9.17) is 9.94 Å². The number of aryl methyl sites for hydroxylation is 1. The molecular weight excluding hydrogens is 282 g/mol. The van der Waals surface area contributed by atoms with E-state index in [1.54, 1.807) is 0 Å². The highest BCUT2D eigenvalue weighted by atomic mass is 32.2. The van der Waals surface area contributed by atoms with Crippen LogP contribution in [0.15, 0.2) is 48.3 Å². The molecule has 1 N–H and O–H groups in total. The molecule has 0 aliphatic rings. The molecule has 0 atom stereocenters. The first-order valence-corrected chi connectivity index (χ1v) is 8.35. The van der Waals surface area contributed by atoms with Crippen molar-refractivity contribution in [2.24, 2.45) is 0 Å². The Morgan fingerprint density at radius 3 is 2.19 bits per heavy atom. The van der Waals surface area contributed by atoms with Crippen LogP contribution in [0.1, 0.15) is 33.3 Å². The van der Waals surface area contributed by atoms with Gasteiger partial charge in [-0.3, -0.25) is 0 Å². The number of nitrogens with zero attached hydrogens (tertiary/aromatic N) is 1. The van der Waals surface area contributed by atoms with Gasteiger partial charge in [-0.2, -0.15) is 0 Å². The second-order valence-electron chi connectivity index (χ2n) is 4.14. The minimum absolute atomic E-state index is 0.682. The molecule has 118 valence electrons. The molecule has 0 fully saturated rings. The lowest BCUT2D eigenvalue weighted by Gasteiger charge is -2.06. The van der Waals surface area contributed by atoms with E-state index >= 15 is 0 Å². The van der Waals surface area contributed by atoms with E-state index in [1.165, 1.54) is 22.0 Å². The first-order valence-electron chi connectivity index (χ1n) is 7.17. The molecular formula is C17H27NO2S. The first-order chi connectivity index (χ1) is 10.1. The van der Waals surface area contributed by atoms with Crippen molar-refractivity contribution in [2.75, 3.05) is 12.8 Å². The molecule has 0 aromatic heterocycles. The summed E-state index contributed by atoms with van der Waals surface area (Å²) in [6.07, 6.45) is 8.76. The van der Waals surface area contributed by atoms with Gasteiger partial charge in [0.1, 0.15) is 11.5 Å². The molecule has 0 saturated carbocycles. The fourth-order valence-corrected chi connectivity index (χ4v) is 1.67. The van der Waals surface area contributed by atoms with Crippen LogP contribution in [-0.2, 0) is 6.42 Å². The van der Waals surface area contributed by atoms with Crippen molar-refractivity contribution in [1.82, 2.24) is 4.47 Å². The van der Waals surface area contributed by atoms with Crippen molar-refractivity contribution >= 4 is 11.9 Å². The van der Waals surface area contributed by atoms with Gasteiger partial charge in [0.25, 0.3) is 0 Å². The average Bonchev–Trinajstić information content (AvgIpc) is 2.54. The molecule has 0 heterocycles. The van der Waals surface area contributed by atoms with Crippen LogP contribution in [-0.4, -0.2) is 22.5 Å². The molecule has 0 aliphatic carbocycles. The topological polar surface area (TPSA) is 32.7 Å². The summed E-state index contributed by atoms with van der Waals surface area (Å²) in [6, 6.07) is 8.20. The normalized spacial score (nSPS) is 11.5. The third kappa shape index (κ3) is 9.34. The molecule has 0 aliphatic heterocycles. The zero-order valence-corrected chi connectivity index (χ0v) is 14.5. The molecule has 1 aromatic carbocycles. The van der Waals surface area contributed by atoms with Crippen molar-refractivity contribution in [1.29, 1.82) is 0 Å². The van der Waals surface area contributed by atoms with Gasteiger partial charge < -0.3 is 9.94 Å². The number of hydroxylamine groups is 1. The number of allylic oxidation sites excluding steroid dienone is 3. The predicted octanol–water partition coefficient (Wildman–Crippen LogP) is 5.08. The number of hydrogen-bond acceptors (Lipinski definition) is 4. The summed E-state index contributed by atoms with van der Waals surface area (Å²) in [5.74, 6) is 1.76. The summed E-state index contributed by atoms with van der Waals surface area (Å²) >= 11 is 1.31. The second-order valence-corrected chi connectivity index (χ2v) is 4.93. The summed E-state index contributed by atoms with van der Waals surface area (Å²) in [5.41, 5.74) is 1.33. The van der Waals surface area contributed by atoms with Crippen LogP contribution >= 0.6 is 11.9 Å². The molecule has 0 bridgehead atoms. The van der Waals surface area contributed by atoms with Gasteiger partial charge in [-0.1, -0.05) is 37.1 Å². The lowest BCUT2D eigenvalue weighted by atomic mass is 10.2. The van der Waals surface area contributed by atoms with Crippen molar-refractivity contribution in [2.45, 2.75) is 34.1 Å². The van der Waals surface area contributed by atoms with Gasteiger partial charge in [0.15, 0.2) is 0 Å². The Morgan fingerprint density at radius 1 is 1.24 bits per heavy atom. The summed E-state index contributed by atoms with van der Waals surface area (Å²) in [4.78, 5) is 0. The molecule has 0 unspecified atom stereocenters. The van der Waals surface area contributed by atoms with E-state index in [2.05, 4.69) is 19.1 Å². The van der Waals surface area contributed by atoms with Gasteiger partial charge in [0.2, 0.25) is 0 Å². The zero-order valence-electron chi connectivity index (χ0n) is 13.7. The minimum Gasteiger partial charge on any atom is -0.458 e. The molecule has 0 saturated heterocycles. The van der Waals surface area contributed by atoms with Crippen LogP contribution in [0.3, 0.4) is 0 Å². The van der Waals surface area contributed by atoms with Crippen molar-refractivity contribution < 1.29 is 9.94 Å². The highest BCUT2D eigenvalue weighted by Gasteiger charge is 1.96. The van der Waals surface area contributed by atoms with Crippen LogP contribution in [0.5, 0.6) is 5.75 Å². The van der Waals surface area contributed by atoms with Crippen molar-refractivity contribution in [3.05, 3.63) is 53.8 Å². The summed E-state index contributed by atoms with van der Waals surface area (Å²) in [6.45, 7) is 8.66. The van der Waals surface area contributed by atoms with Crippen LogP contribution in [0, 0.1) is 0 Å². The lowest BCUT2D eigenvalue weighted by molar-refractivity contribution is 0.0230. The van der Waals surface area contributed by atoms with Gasteiger partial charge in [0, 0.05) is 6.54 Å². The van der Waals surface area contributed by atoms with Crippen LogP contribution in [0.25, 0.3) is 0 Å². The maximum Gasteiger partial charge on any atom is 0.127 e. The van der Waals surface area contributed by atoms with Crippen molar-refractivity contribution in [3.63, 3.8) is 0 Å². The molecule has 21 heavy (non-hydrogen) atoms. The molecule has 1 aromatic rings. The van der Waals surface area contributed by atoms with Crippen LogP contribution < -0.4 is 4.74 Å². The summed E-state index contributed by atoms with van der Waals surface area (Å²) < 4.78 is 6.84. The highest BCUT2D eigenvalue weighted by Crippen LogP contribution is 2.16. The zero-order chi connectivity index (χ0) is 16.1. The SMILES string of the molecule is C/C=C\C(=C/C)Oc1ccc(CC)cc1.CCN(O)SC. The smallest absolute Gasteiger partial charge is 0.127 e. The molecule has 0 spiro atoms. The van der Waals surface area contributed by atoms with Crippen molar-refractivity contribution in [3.8, 4) is 5.75 Å². The Hall–Kier alpha value is -1.23. The average molecular weight is 309 g/mol. The number of rotatable bonds is 6. The van der Waals surface area contributed by atoms with Gasteiger partial charge in [0.05, 0.1) is 0 Å². The van der Waals surface area contributed by atoms with E-state index in [1.807, 2.05) is 57.4 Å². The summed E-state index contributed by atoms with van der Waals surface area (Å²) in [5, 5.41) is 8.46. The van der Waals surface area contributed by atoms with E-state index in [9.17, 15) is 0 Å². The Bertz CT molecular complexity index is 423. The van der Waals surface area contributed by atoms with Gasteiger partial charge in [-0.15, -0.1) is 4.47 Å². The predicted molar refractivity (Wildman–Crippen MR) is 92.7 cm³/mol.